The van der Waals surface area contributed by atoms with Crippen LogP contribution in [0.25, 0.3) is 5.69 Å². The molecule has 5 heteroatoms. The summed E-state index contributed by atoms with van der Waals surface area (Å²) in [4.78, 5) is 4.23. The van der Waals surface area contributed by atoms with Crippen LogP contribution in [0.1, 0.15) is 17.3 Å². The van der Waals surface area contributed by atoms with E-state index in [0.717, 1.165) is 17.1 Å². The number of hydrogen-bond donors (Lipinski definition) is 1. The number of ether oxygens (including phenoxy) is 1. The lowest BCUT2D eigenvalue weighted by atomic mass is 10.1. The molecule has 1 aromatic heterocycles. The number of likely N-dealkylation sites (N-methyl/N-ethyl adjacent to an activating group) is 1. The topological polar surface area (TPSA) is 39.1 Å². The highest BCUT2D eigenvalue weighted by Gasteiger charge is 2.22. The molecule has 1 aromatic carbocycles. The zero-order valence-corrected chi connectivity index (χ0v) is 11.2. The van der Waals surface area contributed by atoms with Crippen molar-refractivity contribution in [2.24, 2.45) is 0 Å². The third-order valence-corrected chi connectivity index (χ3v) is 3.14. The molecule has 0 radical (unpaired) electrons. The van der Waals surface area contributed by atoms with Crippen molar-refractivity contribution in [2.45, 2.75) is 13.0 Å². The Hall–Kier alpha value is -1.52. The second-order valence-corrected chi connectivity index (χ2v) is 4.30. The second kappa shape index (κ2) is 5.00. The molecule has 0 fully saturated rings. The molecule has 0 aliphatic carbocycles. The first-order valence-corrected chi connectivity index (χ1v) is 5.73. The molecule has 3 rings (SSSR count). The molecule has 0 saturated heterocycles. The van der Waals surface area contributed by atoms with Crippen molar-refractivity contribution >= 4 is 12.4 Å². The number of nitrogens with zero attached hydrogens (tertiary/aromatic N) is 2. The molecule has 0 saturated carbocycles. The quantitative estimate of drug-likeness (QED) is 0.905. The predicted octanol–water partition coefficient (Wildman–Crippen LogP) is 2.26. The highest BCUT2D eigenvalue weighted by atomic mass is 35.5. The molecule has 2 heterocycles. The normalized spacial score (nSPS) is 16.9. The zero-order chi connectivity index (χ0) is 11.8. The summed E-state index contributed by atoms with van der Waals surface area (Å²) in [6, 6.07) is 6.59. The van der Waals surface area contributed by atoms with Gasteiger partial charge in [0.1, 0.15) is 12.4 Å². The molecule has 0 spiro atoms. The first kappa shape index (κ1) is 12.9. The van der Waals surface area contributed by atoms with Crippen LogP contribution < -0.4 is 10.1 Å². The summed E-state index contributed by atoms with van der Waals surface area (Å²) in [5, 5.41) is 3.24. The van der Waals surface area contributed by atoms with Gasteiger partial charge in [0.25, 0.3) is 0 Å². The van der Waals surface area contributed by atoms with E-state index in [0.29, 0.717) is 12.6 Å². The Morgan fingerprint density at radius 1 is 1.44 bits per heavy atom. The Labute approximate surface area is 112 Å². The molecular weight excluding hydrogens is 250 g/mol. The van der Waals surface area contributed by atoms with Gasteiger partial charge in [-0.1, -0.05) is 6.07 Å². The van der Waals surface area contributed by atoms with Crippen molar-refractivity contribution in [3.63, 3.8) is 0 Å². The molecule has 1 unspecified atom stereocenters. The van der Waals surface area contributed by atoms with E-state index in [-0.39, 0.29) is 12.4 Å². The lowest BCUT2D eigenvalue weighted by Crippen LogP contribution is -2.17. The first-order chi connectivity index (χ1) is 8.28. The molecule has 96 valence electrons. The van der Waals surface area contributed by atoms with Crippen molar-refractivity contribution in [1.82, 2.24) is 14.9 Å². The summed E-state index contributed by atoms with van der Waals surface area (Å²) in [7, 11) is 1.95. The molecule has 1 atom stereocenters. The fourth-order valence-corrected chi connectivity index (χ4v) is 2.16. The largest absolute Gasteiger partial charge is 0.491 e. The van der Waals surface area contributed by atoms with E-state index >= 15 is 0 Å². The van der Waals surface area contributed by atoms with Crippen LogP contribution in [0.2, 0.25) is 0 Å². The molecule has 4 nitrogen and oxygen atoms in total. The fraction of sp³-hybridized carbons (Fsp3) is 0.308. The van der Waals surface area contributed by atoms with Crippen LogP contribution in [-0.2, 0) is 0 Å². The Bertz CT molecular complexity index is 553. The van der Waals surface area contributed by atoms with Crippen LogP contribution in [0.5, 0.6) is 5.75 Å². The standard InChI is InChI=1S/C13H15N3O.ClH/c1-9-6-16(8-15-9)10-3-4-11-12(14-2)7-17-13(11)5-10;/h3-6,8,12,14H,7H2,1-2H3;1H. The number of imidazole rings is 1. The summed E-state index contributed by atoms with van der Waals surface area (Å²) in [6.07, 6.45) is 3.83. The van der Waals surface area contributed by atoms with Crippen LogP contribution in [0.15, 0.2) is 30.7 Å². The minimum Gasteiger partial charge on any atom is -0.491 e. The van der Waals surface area contributed by atoms with Crippen LogP contribution >= 0.6 is 12.4 Å². The number of nitrogens with one attached hydrogen (secondary N) is 1. The number of aromatic nitrogens is 2. The number of fused-ring (bicyclic) bond motifs is 1. The Morgan fingerprint density at radius 2 is 2.28 bits per heavy atom. The lowest BCUT2D eigenvalue weighted by molar-refractivity contribution is 0.318. The van der Waals surface area contributed by atoms with Gasteiger partial charge in [-0.25, -0.2) is 4.98 Å². The van der Waals surface area contributed by atoms with Crippen molar-refractivity contribution in [2.75, 3.05) is 13.7 Å². The molecular formula is C13H16ClN3O. The van der Waals surface area contributed by atoms with E-state index in [1.807, 2.05) is 31.1 Å². The predicted molar refractivity (Wildman–Crippen MR) is 72.8 cm³/mol. The van der Waals surface area contributed by atoms with Gasteiger partial charge in [0.2, 0.25) is 0 Å². The smallest absolute Gasteiger partial charge is 0.126 e. The third-order valence-electron chi connectivity index (χ3n) is 3.14. The van der Waals surface area contributed by atoms with Crippen molar-refractivity contribution in [3.05, 3.63) is 42.0 Å². The van der Waals surface area contributed by atoms with Crippen molar-refractivity contribution in [1.29, 1.82) is 0 Å². The Morgan fingerprint density at radius 3 is 2.94 bits per heavy atom. The van der Waals surface area contributed by atoms with Gasteiger partial charge >= 0.3 is 0 Å². The summed E-state index contributed by atoms with van der Waals surface area (Å²) in [5.41, 5.74) is 3.33. The minimum atomic E-state index is 0. The molecule has 18 heavy (non-hydrogen) atoms. The average Bonchev–Trinajstić information content (AvgIpc) is 2.94. The number of halogens is 1. The summed E-state index contributed by atoms with van der Waals surface area (Å²) in [5.74, 6) is 0.966. The monoisotopic (exact) mass is 265 g/mol. The van der Waals surface area contributed by atoms with Gasteiger partial charge in [0.05, 0.1) is 23.8 Å². The third kappa shape index (κ3) is 2.09. The highest BCUT2D eigenvalue weighted by molar-refractivity contribution is 5.85. The van der Waals surface area contributed by atoms with Gasteiger partial charge in [-0.2, -0.15) is 0 Å². The Kier molecular flexibility index (Phi) is 3.59. The van der Waals surface area contributed by atoms with Crippen LogP contribution in [0.4, 0.5) is 0 Å². The molecule has 1 aliphatic rings. The number of aryl methyl sites for hydroxylation is 1. The fourth-order valence-electron chi connectivity index (χ4n) is 2.16. The van der Waals surface area contributed by atoms with Crippen LogP contribution in [-0.4, -0.2) is 23.2 Å². The van der Waals surface area contributed by atoms with E-state index in [1.54, 1.807) is 0 Å². The highest BCUT2D eigenvalue weighted by Crippen LogP contribution is 2.33. The summed E-state index contributed by atoms with van der Waals surface area (Å²) >= 11 is 0. The average molecular weight is 266 g/mol. The van der Waals surface area contributed by atoms with Crippen LogP contribution in [0, 0.1) is 6.92 Å². The molecule has 2 aromatic rings. The lowest BCUT2D eigenvalue weighted by Gasteiger charge is -2.07. The maximum absolute atomic E-state index is 5.67. The van der Waals surface area contributed by atoms with E-state index in [2.05, 4.69) is 28.5 Å². The number of benzene rings is 1. The van der Waals surface area contributed by atoms with E-state index < -0.39 is 0 Å². The van der Waals surface area contributed by atoms with Crippen molar-refractivity contribution in [3.8, 4) is 11.4 Å². The molecule has 1 N–H and O–H groups in total. The molecule has 1 aliphatic heterocycles. The van der Waals surface area contributed by atoms with E-state index in [1.165, 1.54) is 5.56 Å². The van der Waals surface area contributed by atoms with Gasteiger partial charge in [0.15, 0.2) is 0 Å². The number of rotatable bonds is 2. The minimum absolute atomic E-state index is 0. The Balaban J connectivity index is 0.00000120. The molecule has 0 bridgehead atoms. The van der Waals surface area contributed by atoms with E-state index in [4.69, 9.17) is 4.74 Å². The first-order valence-electron chi connectivity index (χ1n) is 5.73. The van der Waals surface area contributed by atoms with Gasteiger partial charge in [-0.15, -0.1) is 12.4 Å². The summed E-state index contributed by atoms with van der Waals surface area (Å²) in [6.45, 7) is 2.69. The van der Waals surface area contributed by atoms with Gasteiger partial charge in [-0.3, -0.25) is 0 Å². The van der Waals surface area contributed by atoms with E-state index in [9.17, 15) is 0 Å². The summed E-state index contributed by atoms with van der Waals surface area (Å²) < 4.78 is 7.68. The van der Waals surface area contributed by atoms with Gasteiger partial charge < -0.3 is 14.6 Å². The maximum Gasteiger partial charge on any atom is 0.126 e. The SMILES string of the molecule is CNC1COc2cc(-n3cnc(C)c3)ccc21.Cl. The second-order valence-electron chi connectivity index (χ2n) is 4.30. The molecule has 0 amide bonds. The van der Waals surface area contributed by atoms with Gasteiger partial charge in [0, 0.05) is 17.8 Å². The van der Waals surface area contributed by atoms with Crippen LogP contribution in [0.3, 0.4) is 0 Å². The zero-order valence-electron chi connectivity index (χ0n) is 10.4. The maximum atomic E-state index is 5.67. The number of hydrogen-bond acceptors (Lipinski definition) is 3. The van der Waals surface area contributed by atoms with Crippen molar-refractivity contribution < 1.29 is 4.74 Å². The van der Waals surface area contributed by atoms with Gasteiger partial charge in [-0.05, 0) is 20.0 Å².